The molecule has 5 rings (SSSR count). The van der Waals surface area contributed by atoms with Crippen molar-refractivity contribution < 1.29 is 23.8 Å². The van der Waals surface area contributed by atoms with Crippen molar-refractivity contribution in [3.63, 3.8) is 0 Å². The summed E-state index contributed by atoms with van der Waals surface area (Å²) >= 11 is 0. The van der Waals surface area contributed by atoms with Crippen LogP contribution in [0.3, 0.4) is 0 Å². The van der Waals surface area contributed by atoms with Gasteiger partial charge in [-0.3, -0.25) is 9.59 Å². The number of carbonyl (C=O) groups excluding carboxylic acids is 2. The first kappa shape index (κ1) is 19.2. The Morgan fingerprint density at radius 1 is 1.00 bits per heavy atom. The van der Waals surface area contributed by atoms with E-state index >= 15 is 0 Å². The van der Waals surface area contributed by atoms with E-state index in [1.165, 1.54) is 32.1 Å². The predicted molar refractivity (Wildman–Crippen MR) is 99.6 cm³/mol. The van der Waals surface area contributed by atoms with Gasteiger partial charge in [0.2, 0.25) is 6.29 Å². The zero-order chi connectivity index (χ0) is 19.0. The summed E-state index contributed by atoms with van der Waals surface area (Å²) in [6.07, 6.45) is 9.28. The number of ether oxygens (including phenoxy) is 3. The van der Waals surface area contributed by atoms with Gasteiger partial charge in [0.15, 0.2) is 0 Å². The van der Waals surface area contributed by atoms with Crippen molar-refractivity contribution in [2.45, 2.75) is 90.4 Å². The lowest BCUT2D eigenvalue weighted by molar-refractivity contribution is -0.200. The van der Waals surface area contributed by atoms with Crippen LogP contribution < -0.4 is 0 Å². The van der Waals surface area contributed by atoms with Crippen LogP contribution in [0.25, 0.3) is 0 Å². The van der Waals surface area contributed by atoms with Crippen LogP contribution >= 0.6 is 0 Å². The molecule has 0 aromatic rings. The van der Waals surface area contributed by atoms with Gasteiger partial charge in [0.25, 0.3) is 0 Å². The van der Waals surface area contributed by atoms with Crippen LogP contribution in [0, 0.1) is 29.1 Å². The molecule has 27 heavy (non-hydrogen) atoms. The van der Waals surface area contributed by atoms with E-state index < -0.39 is 11.7 Å². The molecule has 0 amide bonds. The normalized spacial score (nSPS) is 39.6. The molecule has 5 aliphatic rings. The third kappa shape index (κ3) is 4.03. The fourth-order valence-electron chi connectivity index (χ4n) is 5.99. The van der Waals surface area contributed by atoms with Crippen molar-refractivity contribution in [3.8, 4) is 0 Å². The Morgan fingerprint density at radius 2 is 1.67 bits per heavy atom. The molecule has 5 heteroatoms. The second-order valence-electron chi connectivity index (χ2n) is 9.68. The van der Waals surface area contributed by atoms with Crippen LogP contribution in [0.4, 0.5) is 0 Å². The van der Waals surface area contributed by atoms with Gasteiger partial charge in [0.1, 0.15) is 6.10 Å². The molecule has 1 aliphatic heterocycles. The number of hydrogen-bond donors (Lipinski definition) is 0. The Balaban J connectivity index is 1.33. The Kier molecular flexibility index (Phi) is 5.50. The quantitative estimate of drug-likeness (QED) is 0.647. The van der Waals surface area contributed by atoms with Gasteiger partial charge in [-0.2, -0.15) is 0 Å². The highest BCUT2D eigenvalue weighted by Gasteiger charge is 2.50. The van der Waals surface area contributed by atoms with Crippen LogP contribution in [-0.2, 0) is 23.8 Å². The topological polar surface area (TPSA) is 61.8 Å². The lowest BCUT2D eigenvalue weighted by atomic mass is 9.55. The number of esters is 2. The summed E-state index contributed by atoms with van der Waals surface area (Å²) < 4.78 is 17.1. The molecule has 152 valence electrons. The van der Waals surface area contributed by atoms with Crippen LogP contribution in [-0.4, -0.2) is 30.9 Å². The Labute approximate surface area is 162 Å². The van der Waals surface area contributed by atoms with Gasteiger partial charge in [0.05, 0.1) is 18.4 Å². The van der Waals surface area contributed by atoms with Crippen molar-refractivity contribution in [2.75, 3.05) is 6.61 Å². The molecule has 4 aliphatic carbocycles. The Bertz CT molecular complexity index is 539. The van der Waals surface area contributed by atoms with Crippen molar-refractivity contribution in [1.29, 1.82) is 0 Å². The minimum atomic E-state index is -0.843. The molecule has 5 nitrogen and oxygen atoms in total. The summed E-state index contributed by atoms with van der Waals surface area (Å²) in [5.41, 5.74) is -0.843. The fourth-order valence-corrected chi connectivity index (χ4v) is 5.99. The van der Waals surface area contributed by atoms with Crippen molar-refractivity contribution in [1.82, 2.24) is 0 Å². The third-order valence-electron chi connectivity index (χ3n) is 7.59. The van der Waals surface area contributed by atoms with Crippen LogP contribution in [0.5, 0.6) is 0 Å². The summed E-state index contributed by atoms with van der Waals surface area (Å²) in [5, 5.41) is 0. The van der Waals surface area contributed by atoms with Gasteiger partial charge in [-0.1, -0.05) is 6.92 Å². The molecule has 0 aromatic heterocycles. The summed E-state index contributed by atoms with van der Waals surface area (Å²) in [6, 6.07) is 0. The molecular weight excluding hydrogens is 344 g/mol. The van der Waals surface area contributed by atoms with Crippen molar-refractivity contribution >= 4 is 11.9 Å². The molecule has 0 aromatic carbocycles. The lowest BCUT2D eigenvalue weighted by Gasteiger charge is -2.53. The molecule has 4 saturated carbocycles. The molecule has 2 unspecified atom stereocenters. The van der Waals surface area contributed by atoms with E-state index in [4.69, 9.17) is 14.2 Å². The van der Waals surface area contributed by atoms with E-state index in [1.807, 2.05) is 13.8 Å². The standard InChI is InChI=1S/C22H34O5/c1-3-22(2,21(24)27-19-6-4-5-7-25-19)13-18(23)26-20-16-9-14-8-15(11-16)12-17(20)10-14/h14-17,19-20H,3-13H2,1-2H3. The first-order chi connectivity index (χ1) is 13.0. The molecule has 2 atom stereocenters. The average Bonchev–Trinajstić information content (AvgIpc) is 2.64. The van der Waals surface area contributed by atoms with E-state index in [1.54, 1.807) is 0 Å². The van der Waals surface area contributed by atoms with E-state index in [-0.39, 0.29) is 24.5 Å². The maximum absolute atomic E-state index is 12.7. The minimum absolute atomic E-state index is 0.0732. The smallest absolute Gasteiger partial charge is 0.314 e. The molecule has 1 heterocycles. The highest BCUT2D eigenvalue weighted by molar-refractivity contribution is 5.83. The third-order valence-corrected chi connectivity index (χ3v) is 7.59. The van der Waals surface area contributed by atoms with E-state index in [0.29, 0.717) is 24.9 Å². The van der Waals surface area contributed by atoms with Gasteiger partial charge in [-0.15, -0.1) is 0 Å². The summed E-state index contributed by atoms with van der Waals surface area (Å²) in [7, 11) is 0. The maximum atomic E-state index is 12.7. The zero-order valence-electron chi connectivity index (χ0n) is 16.8. The first-order valence-corrected chi connectivity index (χ1v) is 11.0. The van der Waals surface area contributed by atoms with Gasteiger partial charge in [0, 0.05) is 6.42 Å². The summed E-state index contributed by atoms with van der Waals surface area (Å²) in [4.78, 5) is 25.5. The second kappa shape index (κ2) is 7.73. The lowest BCUT2D eigenvalue weighted by Crippen LogP contribution is -2.50. The average molecular weight is 379 g/mol. The summed E-state index contributed by atoms with van der Waals surface area (Å²) in [6.45, 7) is 4.38. The predicted octanol–water partition coefficient (Wildman–Crippen LogP) is 4.23. The van der Waals surface area contributed by atoms with Gasteiger partial charge in [-0.25, -0.2) is 0 Å². The number of carbonyl (C=O) groups is 2. The molecule has 1 saturated heterocycles. The van der Waals surface area contributed by atoms with Gasteiger partial charge < -0.3 is 14.2 Å². The van der Waals surface area contributed by atoms with Crippen LogP contribution in [0.2, 0.25) is 0 Å². The molecule has 5 fully saturated rings. The fraction of sp³-hybridized carbons (Fsp3) is 0.909. The van der Waals surface area contributed by atoms with Gasteiger partial charge in [-0.05, 0) is 82.0 Å². The van der Waals surface area contributed by atoms with Gasteiger partial charge >= 0.3 is 11.9 Å². The maximum Gasteiger partial charge on any atom is 0.314 e. The number of rotatable bonds is 6. The van der Waals surface area contributed by atoms with Crippen molar-refractivity contribution in [3.05, 3.63) is 0 Å². The molecule has 0 spiro atoms. The highest BCUT2D eigenvalue weighted by Crippen LogP contribution is 2.54. The molecule has 0 N–H and O–H groups in total. The molecular formula is C22H34O5. The van der Waals surface area contributed by atoms with Crippen molar-refractivity contribution in [2.24, 2.45) is 29.1 Å². The summed E-state index contributed by atoms with van der Waals surface area (Å²) in [5.74, 6) is 2.22. The molecule has 0 radical (unpaired) electrons. The highest BCUT2D eigenvalue weighted by atomic mass is 16.7. The zero-order valence-corrected chi connectivity index (χ0v) is 16.8. The number of hydrogen-bond acceptors (Lipinski definition) is 5. The van der Waals surface area contributed by atoms with E-state index in [9.17, 15) is 9.59 Å². The van der Waals surface area contributed by atoms with E-state index in [2.05, 4.69) is 0 Å². The second-order valence-corrected chi connectivity index (χ2v) is 9.68. The minimum Gasteiger partial charge on any atom is -0.462 e. The SMILES string of the molecule is CCC(C)(CC(=O)OC1C2CC3CC(C2)CC1C3)C(=O)OC1CCCCO1. The van der Waals surface area contributed by atoms with Crippen LogP contribution in [0.15, 0.2) is 0 Å². The molecule has 4 bridgehead atoms. The monoisotopic (exact) mass is 378 g/mol. The Hall–Kier alpha value is -1.10. The Morgan fingerprint density at radius 3 is 2.22 bits per heavy atom. The van der Waals surface area contributed by atoms with Crippen LogP contribution in [0.1, 0.15) is 78.1 Å². The van der Waals surface area contributed by atoms with E-state index in [0.717, 1.165) is 31.1 Å². The largest absolute Gasteiger partial charge is 0.462 e. The first-order valence-electron chi connectivity index (χ1n) is 11.0.